The first-order valence-corrected chi connectivity index (χ1v) is 8.24. The van der Waals surface area contributed by atoms with Crippen LogP contribution in [-0.4, -0.2) is 66.3 Å². The number of methoxy groups -OCH3 is 1. The highest BCUT2D eigenvalue weighted by Crippen LogP contribution is 2.41. The highest BCUT2D eigenvalue weighted by Gasteiger charge is 2.41. The average Bonchev–Trinajstić information content (AvgIpc) is 3.46. The Hall–Kier alpha value is -1.89. The molecule has 1 saturated carbocycles. The molecule has 1 saturated heterocycles. The quantitative estimate of drug-likeness (QED) is 0.637. The van der Waals surface area contributed by atoms with Crippen molar-refractivity contribution in [2.24, 2.45) is 16.6 Å². The van der Waals surface area contributed by atoms with Gasteiger partial charge in [-0.05, 0) is 31.7 Å². The van der Waals surface area contributed by atoms with Gasteiger partial charge >= 0.3 is 0 Å². The Bertz CT molecular complexity index is 539. The molecule has 1 aliphatic heterocycles. The molecule has 1 aromatic heterocycles. The van der Waals surface area contributed by atoms with Crippen LogP contribution in [0.5, 0.6) is 0 Å². The van der Waals surface area contributed by atoms with Gasteiger partial charge in [0, 0.05) is 45.7 Å². The molecule has 7 heteroatoms. The molecule has 3 rings (SSSR count). The van der Waals surface area contributed by atoms with E-state index in [2.05, 4.69) is 31.7 Å². The molecular formula is C16H26N6O. The second-order valence-electron chi connectivity index (χ2n) is 6.49. The van der Waals surface area contributed by atoms with E-state index in [4.69, 9.17) is 10.5 Å². The number of hydrogen-bond acceptors (Lipinski definition) is 5. The largest absolute Gasteiger partial charge is 0.376 e. The van der Waals surface area contributed by atoms with Crippen molar-refractivity contribution in [3.63, 3.8) is 0 Å². The lowest BCUT2D eigenvalue weighted by Crippen LogP contribution is -2.52. The van der Waals surface area contributed by atoms with E-state index in [0.717, 1.165) is 32.1 Å². The smallest absolute Gasteiger partial charge is 0.225 e. The number of hydrogen-bond donors (Lipinski definition) is 1. The standard InChI is InChI=1S/C16H26N6O/c1-16(23-2,13-4-5-13)12-20-14(17)21-8-10-22(11-9-21)15-18-6-3-7-19-15/h3,6-7,13H,4-5,8-12H2,1-2H3,(H2,17,20). The molecule has 0 bridgehead atoms. The number of aliphatic imine (C=N–C) groups is 1. The zero-order valence-corrected chi connectivity index (χ0v) is 14.0. The van der Waals surface area contributed by atoms with Crippen LogP contribution in [0.15, 0.2) is 23.5 Å². The van der Waals surface area contributed by atoms with Gasteiger partial charge in [0.25, 0.3) is 0 Å². The molecule has 1 unspecified atom stereocenters. The van der Waals surface area contributed by atoms with Crippen LogP contribution in [0.1, 0.15) is 19.8 Å². The van der Waals surface area contributed by atoms with E-state index in [1.54, 1.807) is 19.5 Å². The van der Waals surface area contributed by atoms with Gasteiger partial charge in [-0.1, -0.05) is 0 Å². The maximum absolute atomic E-state index is 6.19. The first-order chi connectivity index (χ1) is 11.1. The monoisotopic (exact) mass is 318 g/mol. The van der Waals surface area contributed by atoms with Gasteiger partial charge in [0.1, 0.15) is 0 Å². The fraction of sp³-hybridized carbons (Fsp3) is 0.688. The van der Waals surface area contributed by atoms with E-state index in [-0.39, 0.29) is 5.60 Å². The normalized spacial score (nSPS) is 22.1. The van der Waals surface area contributed by atoms with E-state index in [9.17, 15) is 0 Å². The van der Waals surface area contributed by atoms with Crippen molar-refractivity contribution in [1.29, 1.82) is 0 Å². The lowest BCUT2D eigenvalue weighted by Gasteiger charge is -2.35. The molecule has 0 radical (unpaired) electrons. The third-order valence-corrected chi connectivity index (χ3v) is 4.90. The highest BCUT2D eigenvalue weighted by atomic mass is 16.5. The van der Waals surface area contributed by atoms with Crippen LogP contribution in [0.3, 0.4) is 0 Å². The summed E-state index contributed by atoms with van der Waals surface area (Å²) >= 11 is 0. The van der Waals surface area contributed by atoms with Crippen LogP contribution in [-0.2, 0) is 4.74 Å². The molecular weight excluding hydrogens is 292 g/mol. The van der Waals surface area contributed by atoms with Crippen LogP contribution in [0.25, 0.3) is 0 Å². The summed E-state index contributed by atoms with van der Waals surface area (Å²) in [6.45, 7) is 6.13. The molecule has 1 atom stereocenters. The number of aromatic nitrogens is 2. The minimum absolute atomic E-state index is 0.176. The summed E-state index contributed by atoms with van der Waals surface area (Å²) in [4.78, 5) is 17.5. The lowest BCUT2D eigenvalue weighted by molar-refractivity contribution is -0.00488. The van der Waals surface area contributed by atoms with Crippen molar-refractivity contribution in [3.8, 4) is 0 Å². The van der Waals surface area contributed by atoms with Crippen LogP contribution in [0.4, 0.5) is 5.95 Å². The highest BCUT2D eigenvalue weighted by molar-refractivity contribution is 5.78. The Morgan fingerprint density at radius 2 is 1.96 bits per heavy atom. The Kier molecular flexibility index (Phi) is 4.66. The fourth-order valence-electron chi connectivity index (χ4n) is 2.98. The second-order valence-corrected chi connectivity index (χ2v) is 6.49. The first kappa shape index (κ1) is 16.0. The molecule has 126 valence electrons. The fourth-order valence-corrected chi connectivity index (χ4v) is 2.98. The molecule has 0 spiro atoms. The first-order valence-electron chi connectivity index (χ1n) is 8.24. The molecule has 23 heavy (non-hydrogen) atoms. The summed E-state index contributed by atoms with van der Waals surface area (Å²) in [5.41, 5.74) is 6.01. The van der Waals surface area contributed by atoms with Crippen molar-refractivity contribution in [2.45, 2.75) is 25.4 Å². The zero-order chi connectivity index (χ0) is 16.3. The van der Waals surface area contributed by atoms with Gasteiger partial charge in [-0.25, -0.2) is 9.97 Å². The maximum Gasteiger partial charge on any atom is 0.225 e. The van der Waals surface area contributed by atoms with Crippen molar-refractivity contribution >= 4 is 11.9 Å². The Morgan fingerprint density at radius 3 is 2.52 bits per heavy atom. The van der Waals surface area contributed by atoms with E-state index < -0.39 is 0 Å². The SMILES string of the molecule is COC(C)(CN=C(N)N1CCN(c2ncccn2)CC1)C1CC1. The summed E-state index contributed by atoms with van der Waals surface area (Å²) in [5, 5.41) is 0. The predicted octanol–water partition coefficient (Wildman–Crippen LogP) is 0.728. The average molecular weight is 318 g/mol. The van der Waals surface area contributed by atoms with Gasteiger partial charge in [0.15, 0.2) is 5.96 Å². The molecule has 7 nitrogen and oxygen atoms in total. The molecule has 2 N–H and O–H groups in total. The number of nitrogens with two attached hydrogens (primary N) is 1. The minimum atomic E-state index is -0.176. The van der Waals surface area contributed by atoms with Crippen molar-refractivity contribution in [3.05, 3.63) is 18.5 Å². The van der Waals surface area contributed by atoms with Gasteiger partial charge in [-0.3, -0.25) is 4.99 Å². The third-order valence-electron chi connectivity index (χ3n) is 4.90. The molecule has 2 aliphatic rings. The van der Waals surface area contributed by atoms with Gasteiger partial charge in [-0.15, -0.1) is 0 Å². The molecule has 0 aromatic carbocycles. The molecule has 1 aliphatic carbocycles. The summed E-state index contributed by atoms with van der Waals surface area (Å²) in [5.74, 6) is 2.02. The number of guanidine groups is 1. The summed E-state index contributed by atoms with van der Waals surface area (Å²) in [7, 11) is 1.77. The number of anilines is 1. The van der Waals surface area contributed by atoms with Crippen LogP contribution < -0.4 is 10.6 Å². The Balaban J connectivity index is 1.53. The van der Waals surface area contributed by atoms with Gasteiger partial charge in [0.05, 0.1) is 12.1 Å². The van der Waals surface area contributed by atoms with Crippen molar-refractivity contribution < 1.29 is 4.74 Å². The third kappa shape index (κ3) is 3.72. The number of rotatable bonds is 5. The molecule has 1 aromatic rings. The van der Waals surface area contributed by atoms with E-state index in [1.807, 2.05) is 6.07 Å². The zero-order valence-electron chi connectivity index (χ0n) is 14.0. The molecule has 2 heterocycles. The van der Waals surface area contributed by atoms with Crippen LogP contribution in [0.2, 0.25) is 0 Å². The van der Waals surface area contributed by atoms with Crippen LogP contribution in [0, 0.1) is 5.92 Å². The van der Waals surface area contributed by atoms with Gasteiger partial charge in [0.2, 0.25) is 5.95 Å². The summed E-state index contributed by atoms with van der Waals surface area (Å²) in [6.07, 6.45) is 6.01. The number of nitrogens with zero attached hydrogens (tertiary/aromatic N) is 5. The Morgan fingerprint density at radius 1 is 1.30 bits per heavy atom. The maximum atomic E-state index is 6.19. The second kappa shape index (κ2) is 6.70. The van der Waals surface area contributed by atoms with Crippen LogP contribution >= 0.6 is 0 Å². The van der Waals surface area contributed by atoms with Gasteiger partial charge < -0.3 is 20.3 Å². The van der Waals surface area contributed by atoms with E-state index >= 15 is 0 Å². The number of ether oxygens (including phenoxy) is 1. The minimum Gasteiger partial charge on any atom is -0.376 e. The number of piperazine rings is 1. The molecule has 2 fully saturated rings. The van der Waals surface area contributed by atoms with Gasteiger partial charge in [-0.2, -0.15) is 0 Å². The Labute approximate surface area is 137 Å². The predicted molar refractivity (Wildman–Crippen MR) is 90.4 cm³/mol. The summed E-state index contributed by atoms with van der Waals surface area (Å²) in [6, 6.07) is 1.83. The molecule has 0 amide bonds. The van der Waals surface area contributed by atoms with Crippen molar-refractivity contribution in [2.75, 3.05) is 44.7 Å². The van der Waals surface area contributed by atoms with Crippen molar-refractivity contribution in [1.82, 2.24) is 14.9 Å². The lowest BCUT2D eigenvalue weighted by atomic mass is 10.0. The van der Waals surface area contributed by atoms with E-state index in [0.29, 0.717) is 18.4 Å². The summed E-state index contributed by atoms with van der Waals surface area (Å²) < 4.78 is 5.67. The van der Waals surface area contributed by atoms with E-state index in [1.165, 1.54) is 12.8 Å². The topological polar surface area (TPSA) is 79.9 Å².